The number of hydrogen-bond acceptors (Lipinski definition) is 3. The van der Waals surface area contributed by atoms with Crippen LogP contribution < -0.4 is 10.1 Å². The van der Waals surface area contributed by atoms with Crippen molar-refractivity contribution in [1.29, 1.82) is 0 Å². The number of alkyl halides is 3. The van der Waals surface area contributed by atoms with Crippen molar-refractivity contribution >= 4 is 0 Å². The van der Waals surface area contributed by atoms with Gasteiger partial charge in [0.1, 0.15) is 11.4 Å². The van der Waals surface area contributed by atoms with E-state index in [4.69, 9.17) is 4.74 Å². The quantitative estimate of drug-likeness (QED) is 0.899. The zero-order chi connectivity index (χ0) is 12.8. The Bertz CT molecular complexity index is 422. The normalized spacial score (nSPS) is 30.1. The molecule has 0 bridgehead atoms. The van der Waals surface area contributed by atoms with Crippen molar-refractivity contribution in [3.8, 4) is 5.75 Å². The summed E-state index contributed by atoms with van der Waals surface area (Å²) in [6, 6.07) is 2.27. The first-order chi connectivity index (χ1) is 8.55. The van der Waals surface area contributed by atoms with E-state index in [2.05, 4.69) is 10.3 Å². The van der Waals surface area contributed by atoms with Crippen LogP contribution in [0.1, 0.15) is 5.69 Å². The van der Waals surface area contributed by atoms with Gasteiger partial charge in [0.05, 0.1) is 12.8 Å². The van der Waals surface area contributed by atoms with Gasteiger partial charge in [-0.1, -0.05) is 0 Å². The van der Waals surface area contributed by atoms with Crippen molar-refractivity contribution in [2.24, 2.45) is 17.8 Å². The molecule has 6 heteroatoms. The lowest BCUT2D eigenvalue weighted by Crippen LogP contribution is -2.17. The van der Waals surface area contributed by atoms with Crippen molar-refractivity contribution in [1.82, 2.24) is 10.3 Å². The smallest absolute Gasteiger partial charge is 0.433 e. The summed E-state index contributed by atoms with van der Waals surface area (Å²) in [6.07, 6.45) is -3.25. The van der Waals surface area contributed by atoms with E-state index < -0.39 is 11.9 Å². The summed E-state index contributed by atoms with van der Waals surface area (Å²) in [6.45, 7) is 2.64. The van der Waals surface area contributed by atoms with Crippen LogP contribution in [0.25, 0.3) is 0 Å². The van der Waals surface area contributed by atoms with E-state index in [9.17, 15) is 13.2 Å². The summed E-state index contributed by atoms with van der Waals surface area (Å²) >= 11 is 0. The molecule has 1 aromatic heterocycles. The molecule has 0 amide bonds. The fraction of sp³-hybridized carbons (Fsp3) is 0.583. The van der Waals surface area contributed by atoms with Crippen molar-refractivity contribution < 1.29 is 17.9 Å². The highest BCUT2D eigenvalue weighted by molar-refractivity contribution is 5.21. The molecule has 1 aliphatic carbocycles. The summed E-state index contributed by atoms with van der Waals surface area (Å²) < 4.78 is 42.3. The second-order valence-electron chi connectivity index (χ2n) is 4.84. The van der Waals surface area contributed by atoms with Crippen LogP contribution in [0.3, 0.4) is 0 Å². The maximum atomic E-state index is 12.3. The van der Waals surface area contributed by atoms with Crippen LogP contribution in [0.4, 0.5) is 13.2 Å². The number of nitrogens with one attached hydrogen (secondary N) is 1. The first-order valence-electron chi connectivity index (χ1n) is 5.92. The predicted octanol–water partition coefficient (Wildman–Crippen LogP) is 1.94. The summed E-state index contributed by atoms with van der Waals surface area (Å²) in [5.74, 6) is 2.33. The van der Waals surface area contributed by atoms with E-state index in [-0.39, 0.29) is 0 Å². The summed E-state index contributed by atoms with van der Waals surface area (Å²) in [5, 5.41) is 3.28. The summed E-state index contributed by atoms with van der Waals surface area (Å²) in [7, 11) is 0. The Morgan fingerprint density at radius 2 is 2.00 bits per heavy atom. The van der Waals surface area contributed by atoms with E-state index in [1.54, 1.807) is 0 Å². The van der Waals surface area contributed by atoms with Gasteiger partial charge in [0.2, 0.25) is 0 Å². The average molecular weight is 258 g/mol. The maximum Gasteiger partial charge on any atom is 0.433 e. The molecule has 0 spiro atoms. The number of aromatic nitrogens is 1. The fourth-order valence-electron chi connectivity index (χ4n) is 2.62. The lowest BCUT2D eigenvalue weighted by molar-refractivity contribution is -0.141. The van der Waals surface area contributed by atoms with E-state index in [1.807, 2.05) is 0 Å². The highest BCUT2D eigenvalue weighted by Crippen LogP contribution is 2.48. The topological polar surface area (TPSA) is 34.1 Å². The Balaban J connectivity index is 1.54. The molecule has 1 saturated carbocycles. The molecule has 2 heterocycles. The molecule has 0 aromatic carbocycles. The first-order valence-corrected chi connectivity index (χ1v) is 5.92. The summed E-state index contributed by atoms with van der Waals surface area (Å²) in [5.41, 5.74) is -0.887. The third-order valence-corrected chi connectivity index (χ3v) is 3.74. The zero-order valence-electron chi connectivity index (χ0n) is 9.57. The van der Waals surface area contributed by atoms with E-state index in [0.717, 1.165) is 25.4 Å². The molecule has 3 atom stereocenters. The van der Waals surface area contributed by atoms with Crippen LogP contribution in [0, 0.1) is 17.8 Å². The number of ether oxygens (including phenoxy) is 1. The number of piperidine rings is 1. The number of rotatable bonds is 3. The largest absolute Gasteiger partial charge is 0.492 e. The van der Waals surface area contributed by atoms with Gasteiger partial charge in [0, 0.05) is 5.92 Å². The second-order valence-corrected chi connectivity index (χ2v) is 4.84. The minimum Gasteiger partial charge on any atom is -0.492 e. The van der Waals surface area contributed by atoms with Crippen LogP contribution in [0.2, 0.25) is 0 Å². The van der Waals surface area contributed by atoms with Crippen LogP contribution in [0.5, 0.6) is 5.75 Å². The number of pyridine rings is 1. The SMILES string of the molecule is FC(F)(F)c1ccc(OCC2[C@H]3CNC[C@@H]23)cn1. The van der Waals surface area contributed by atoms with Crippen molar-refractivity contribution in [3.05, 3.63) is 24.0 Å². The van der Waals surface area contributed by atoms with Gasteiger partial charge in [-0.2, -0.15) is 13.2 Å². The highest BCUT2D eigenvalue weighted by Gasteiger charge is 2.52. The minimum absolute atomic E-state index is 0.404. The fourth-order valence-corrected chi connectivity index (χ4v) is 2.62. The standard InChI is InChI=1S/C12H13F3N2O/c13-12(14,15)11-2-1-7(3-17-11)18-6-10-8-4-16-5-9(8)10/h1-3,8-10,16H,4-6H2/t8-,9+,10?. The Morgan fingerprint density at radius 3 is 2.56 bits per heavy atom. The number of nitrogens with zero attached hydrogens (tertiary/aromatic N) is 1. The molecular weight excluding hydrogens is 245 g/mol. The summed E-state index contributed by atoms with van der Waals surface area (Å²) in [4.78, 5) is 3.36. The van der Waals surface area contributed by atoms with Crippen LogP contribution in [-0.2, 0) is 6.18 Å². The average Bonchev–Trinajstić information content (AvgIpc) is 2.77. The third kappa shape index (κ3) is 2.16. The monoisotopic (exact) mass is 258 g/mol. The molecule has 98 valence electrons. The predicted molar refractivity (Wildman–Crippen MR) is 58.1 cm³/mol. The molecule has 0 radical (unpaired) electrons. The van der Waals surface area contributed by atoms with E-state index in [1.165, 1.54) is 6.07 Å². The van der Waals surface area contributed by atoms with Crippen molar-refractivity contribution in [2.75, 3.05) is 19.7 Å². The number of hydrogen-bond donors (Lipinski definition) is 1. The van der Waals surface area contributed by atoms with Gasteiger partial charge in [-0.25, -0.2) is 4.98 Å². The highest BCUT2D eigenvalue weighted by atomic mass is 19.4. The number of fused-ring (bicyclic) bond motifs is 1. The van der Waals surface area contributed by atoms with Crippen LogP contribution in [0.15, 0.2) is 18.3 Å². The lowest BCUT2D eigenvalue weighted by Gasteiger charge is -2.09. The second kappa shape index (κ2) is 4.12. The first kappa shape index (κ1) is 11.8. The van der Waals surface area contributed by atoms with Crippen molar-refractivity contribution in [2.45, 2.75) is 6.18 Å². The van der Waals surface area contributed by atoms with Gasteiger partial charge in [-0.15, -0.1) is 0 Å². The zero-order valence-corrected chi connectivity index (χ0v) is 9.57. The van der Waals surface area contributed by atoms with Crippen LogP contribution >= 0.6 is 0 Å². The minimum atomic E-state index is -4.39. The van der Waals surface area contributed by atoms with E-state index >= 15 is 0 Å². The Hall–Kier alpha value is -1.30. The molecule has 1 saturated heterocycles. The Labute approximate surface area is 102 Å². The molecule has 1 N–H and O–H groups in total. The molecule has 2 fully saturated rings. The molecule has 2 aliphatic rings. The molecule has 1 aliphatic heterocycles. The lowest BCUT2D eigenvalue weighted by atomic mass is 10.3. The molecule has 1 aromatic rings. The van der Waals surface area contributed by atoms with Gasteiger partial charge in [0.15, 0.2) is 0 Å². The van der Waals surface area contributed by atoms with Crippen LogP contribution in [-0.4, -0.2) is 24.7 Å². The third-order valence-electron chi connectivity index (χ3n) is 3.74. The van der Waals surface area contributed by atoms with E-state index in [0.29, 0.717) is 30.1 Å². The maximum absolute atomic E-state index is 12.3. The number of halogens is 3. The molecule has 1 unspecified atom stereocenters. The van der Waals surface area contributed by atoms with Gasteiger partial charge < -0.3 is 10.1 Å². The van der Waals surface area contributed by atoms with Gasteiger partial charge in [0.25, 0.3) is 0 Å². The van der Waals surface area contributed by atoms with Gasteiger partial charge in [-0.05, 0) is 37.1 Å². The van der Waals surface area contributed by atoms with Gasteiger partial charge >= 0.3 is 6.18 Å². The van der Waals surface area contributed by atoms with Gasteiger partial charge in [-0.3, -0.25) is 0 Å². The Morgan fingerprint density at radius 1 is 1.28 bits per heavy atom. The molecular formula is C12H13F3N2O. The molecule has 3 nitrogen and oxygen atoms in total. The molecule has 3 rings (SSSR count). The van der Waals surface area contributed by atoms with Crippen molar-refractivity contribution in [3.63, 3.8) is 0 Å². The Kier molecular flexibility index (Phi) is 2.69. The molecule has 18 heavy (non-hydrogen) atoms.